The molecule has 3 aliphatic rings. The summed E-state index contributed by atoms with van der Waals surface area (Å²) in [5.74, 6) is -0.128. The van der Waals surface area contributed by atoms with Crippen molar-refractivity contribution in [1.29, 1.82) is 0 Å². The molecular weight excluding hydrogens is 441 g/mol. The van der Waals surface area contributed by atoms with Crippen LogP contribution in [-0.2, 0) is 16.2 Å². The molecule has 2 aromatic rings. The van der Waals surface area contributed by atoms with Gasteiger partial charge >= 0.3 is 0 Å². The first-order chi connectivity index (χ1) is 16.5. The monoisotopic (exact) mass is 473 g/mol. The van der Waals surface area contributed by atoms with Crippen LogP contribution in [-0.4, -0.2) is 17.3 Å². The molecule has 0 saturated heterocycles. The Morgan fingerprint density at radius 2 is 1.57 bits per heavy atom. The smallest absolute Gasteiger partial charge is 0.161 e. The molecule has 2 unspecified atom stereocenters. The predicted molar refractivity (Wildman–Crippen MR) is 134 cm³/mol. The number of rotatable bonds is 4. The summed E-state index contributed by atoms with van der Waals surface area (Å²) >= 11 is 0. The first-order valence-electron chi connectivity index (χ1n) is 12.4. The Morgan fingerprint density at radius 3 is 2.29 bits per heavy atom. The molecule has 182 valence electrons. The van der Waals surface area contributed by atoms with E-state index in [0.717, 1.165) is 29.8 Å². The van der Waals surface area contributed by atoms with Gasteiger partial charge in [-0.15, -0.1) is 0 Å². The van der Waals surface area contributed by atoms with E-state index in [-0.39, 0.29) is 40.7 Å². The SMILES string of the molecule is CC1(C)CC(=O)C2C(=NC3=C(C(=O)CC(C)(C)C3)C2c2ccc(OCc3ccccc3F)cc2)C1. The van der Waals surface area contributed by atoms with E-state index < -0.39 is 5.92 Å². The number of allylic oxidation sites excluding steroid dienone is 2. The minimum atomic E-state index is -0.392. The standard InChI is InChI=1S/C30H32FNO3/c1-29(2)13-22-27(24(33)15-29)26(28-23(32-22)14-30(3,4)16-25(28)34)18-9-11-20(12-10-18)35-17-19-7-5-6-8-21(19)31/h5-12,26-27H,13-17H2,1-4H3. The van der Waals surface area contributed by atoms with Crippen molar-refractivity contribution < 1.29 is 18.7 Å². The largest absolute Gasteiger partial charge is 0.489 e. The molecule has 1 heterocycles. The Balaban J connectivity index is 1.49. The number of aliphatic imine (C=N–C) groups is 1. The molecule has 0 radical (unpaired) electrons. The van der Waals surface area contributed by atoms with Gasteiger partial charge in [-0.1, -0.05) is 58.0 Å². The molecule has 2 aliphatic carbocycles. The summed E-state index contributed by atoms with van der Waals surface area (Å²) in [6, 6.07) is 14.1. The van der Waals surface area contributed by atoms with Gasteiger partial charge in [0.1, 0.15) is 24.0 Å². The fourth-order valence-electron chi connectivity index (χ4n) is 5.92. The van der Waals surface area contributed by atoms with Crippen LogP contribution in [0.15, 0.2) is 64.8 Å². The van der Waals surface area contributed by atoms with E-state index in [2.05, 4.69) is 27.7 Å². The van der Waals surface area contributed by atoms with Crippen molar-refractivity contribution in [1.82, 2.24) is 0 Å². The van der Waals surface area contributed by atoms with Gasteiger partial charge in [0.25, 0.3) is 0 Å². The van der Waals surface area contributed by atoms with Crippen LogP contribution >= 0.6 is 0 Å². The van der Waals surface area contributed by atoms with Gasteiger partial charge in [0.15, 0.2) is 5.78 Å². The molecule has 1 saturated carbocycles. The number of carbonyl (C=O) groups excluding carboxylic acids is 2. The van der Waals surface area contributed by atoms with Gasteiger partial charge in [0.2, 0.25) is 0 Å². The molecule has 35 heavy (non-hydrogen) atoms. The van der Waals surface area contributed by atoms with Crippen LogP contribution in [0.2, 0.25) is 0 Å². The zero-order valence-corrected chi connectivity index (χ0v) is 20.9. The third-order valence-corrected chi connectivity index (χ3v) is 7.43. The highest BCUT2D eigenvalue weighted by molar-refractivity contribution is 6.13. The summed E-state index contributed by atoms with van der Waals surface area (Å²) in [5, 5.41) is 0. The van der Waals surface area contributed by atoms with Crippen molar-refractivity contribution in [3.63, 3.8) is 0 Å². The lowest BCUT2D eigenvalue weighted by Crippen LogP contribution is -2.45. The molecule has 2 atom stereocenters. The fraction of sp³-hybridized carbons (Fsp3) is 0.433. The molecule has 5 rings (SSSR count). The van der Waals surface area contributed by atoms with Gasteiger partial charge in [-0.2, -0.15) is 0 Å². The first-order valence-corrected chi connectivity index (χ1v) is 12.4. The highest BCUT2D eigenvalue weighted by Gasteiger charge is 2.49. The van der Waals surface area contributed by atoms with Crippen molar-refractivity contribution in [2.24, 2.45) is 21.7 Å². The molecule has 2 aromatic carbocycles. The second-order valence-corrected chi connectivity index (χ2v) is 11.8. The minimum Gasteiger partial charge on any atom is -0.489 e. The lowest BCUT2D eigenvalue weighted by molar-refractivity contribution is -0.124. The lowest BCUT2D eigenvalue weighted by Gasteiger charge is -2.44. The lowest BCUT2D eigenvalue weighted by atomic mass is 9.60. The van der Waals surface area contributed by atoms with Crippen LogP contribution in [0, 0.1) is 22.6 Å². The Kier molecular flexibility index (Phi) is 5.77. The van der Waals surface area contributed by atoms with Crippen molar-refractivity contribution in [3.8, 4) is 5.75 Å². The summed E-state index contributed by atoms with van der Waals surface area (Å²) in [7, 11) is 0. The Morgan fingerprint density at radius 1 is 0.886 bits per heavy atom. The second kappa shape index (κ2) is 8.54. The average molecular weight is 474 g/mol. The van der Waals surface area contributed by atoms with Crippen LogP contribution in [0.3, 0.4) is 0 Å². The maximum atomic E-state index is 13.9. The number of fused-ring (bicyclic) bond motifs is 1. The molecule has 4 nitrogen and oxygen atoms in total. The normalized spacial score (nSPS) is 25.0. The number of halogens is 1. The number of Topliss-reactive ketones (excluding diaryl/α,β-unsaturated/α-hetero) is 2. The zero-order valence-electron chi connectivity index (χ0n) is 20.9. The zero-order chi connectivity index (χ0) is 25.0. The van der Waals surface area contributed by atoms with Crippen LogP contribution in [0.25, 0.3) is 0 Å². The van der Waals surface area contributed by atoms with Crippen molar-refractivity contribution in [2.75, 3.05) is 0 Å². The fourth-order valence-corrected chi connectivity index (χ4v) is 5.92. The summed E-state index contributed by atoms with van der Waals surface area (Å²) in [5.41, 5.74) is 3.63. The van der Waals surface area contributed by atoms with Crippen molar-refractivity contribution in [3.05, 3.63) is 76.7 Å². The van der Waals surface area contributed by atoms with E-state index in [9.17, 15) is 14.0 Å². The van der Waals surface area contributed by atoms with Gasteiger partial charge < -0.3 is 4.74 Å². The number of hydrogen-bond donors (Lipinski definition) is 0. The van der Waals surface area contributed by atoms with E-state index in [1.807, 2.05) is 24.3 Å². The molecule has 0 N–H and O–H groups in total. The second-order valence-electron chi connectivity index (χ2n) is 11.8. The van der Waals surface area contributed by atoms with Gasteiger partial charge in [0.05, 0.1) is 5.92 Å². The number of nitrogens with zero attached hydrogens (tertiary/aromatic N) is 1. The summed E-state index contributed by atoms with van der Waals surface area (Å²) in [6.07, 6.45) is 2.44. The Bertz CT molecular complexity index is 1250. The number of ketones is 2. The molecule has 1 aliphatic heterocycles. The van der Waals surface area contributed by atoms with E-state index in [0.29, 0.717) is 29.7 Å². The van der Waals surface area contributed by atoms with Gasteiger partial charge in [-0.3, -0.25) is 14.6 Å². The Labute approximate surface area is 206 Å². The third-order valence-electron chi connectivity index (χ3n) is 7.43. The third kappa shape index (κ3) is 4.61. The first kappa shape index (κ1) is 23.7. The van der Waals surface area contributed by atoms with E-state index in [1.165, 1.54) is 6.07 Å². The number of hydrogen-bond acceptors (Lipinski definition) is 4. The van der Waals surface area contributed by atoms with E-state index in [4.69, 9.17) is 9.73 Å². The summed E-state index contributed by atoms with van der Waals surface area (Å²) in [6.45, 7) is 8.56. The Hall–Kier alpha value is -3.08. The molecule has 0 bridgehead atoms. The van der Waals surface area contributed by atoms with Crippen LogP contribution in [0.5, 0.6) is 5.75 Å². The van der Waals surface area contributed by atoms with Gasteiger partial charge in [-0.25, -0.2) is 4.39 Å². The topological polar surface area (TPSA) is 55.7 Å². The van der Waals surface area contributed by atoms with E-state index >= 15 is 0 Å². The highest BCUT2D eigenvalue weighted by Crippen LogP contribution is 2.51. The summed E-state index contributed by atoms with van der Waals surface area (Å²) < 4.78 is 19.8. The van der Waals surface area contributed by atoms with Crippen LogP contribution < -0.4 is 4.74 Å². The van der Waals surface area contributed by atoms with Crippen LogP contribution in [0.1, 0.15) is 70.4 Å². The molecule has 0 amide bonds. The average Bonchev–Trinajstić information content (AvgIpc) is 2.76. The number of carbonyl (C=O) groups is 2. The quantitative estimate of drug-likeness (QED) is 0.503. The van der Waals surface area contributed by atoms with Gasteiger partial charge in [-0.05, 0) is 47.4 Å². The highest BCUT2D eigenvalue weighted by atomic mass is 19.1. The molecule has 0 aromatic heterocycles. The van der Waals surface area contributed by atoms with Crippen molar-refractivity contribution >= 4 is 17.3 Å². The number of ether oxygens (including phenoxy) is 1. The predicted octanol–water partition coefficient (Wildman–Crippen LogP) is 6.59. The maximum Gasteiger partial charge on any atom is 0.161 e. The van der Waals surface area contributed by atoms with Crippen molar-refractivity contribution in [2.45, 2.75) is 65.9 Å². The van der Waals surface area contributed by atoms with E-state index in [1.54, 1.807) is 18.2 Å². The molecular formula is C30H32FNO3. The maximum absolute atomic E-state index is 13.9. The number of benzene rings is 2. The van der Waals surface area contributed by atoms with Gasteiger partial charge in [0, 0.05) is 41.3 Å². The molecule has 0 spiro atoms. The van der Waals surface area contributed by atoms with Crippen LogP contribution in [0.4, 0.5) is 4.39 Å². The summed E-state index contributed by atoms with van der Waals surface area (Å²) in [4.78, 5) is 31.8. The minimum absolute atomic E-state index is 0.0987. The molecule has 1 fully saturated rings. The molecule has 5 heteroatoms.